The maximum absolute atomic E-state index is 8.56. The van der Waals surface area contributed by atoms with Crippen LogP contribution in [-0.4, -0.2) is 60.5 Å². The van der Waals surface area contributed by atoms with E-state index in [2.05, 4.69) is 0 Å². The van der Waals surface area contributed by atoms with Gasteiger partial charge in [0.1, 0.15) is 0 Å². The number of carbonyl (C=O) groups is 1. The molecule has 0 unspecified atom stereocenters. The van der Waals surface area contributed by atoms with E-state index in [1.165, 1.54) is 0 Å². The Morgan fingerprint density at radius 3 is 1.27 bits per heavy atom. The molecule has 0 spiro atoms. The van der Waals surface area contributed by atoms with Gasteiger partial charge in [-0.3, -0.25) is 0 Å². The van der Waals surface area contributed by atoms with E-state index in [1.54, 1.807) is 0 Å². The Morgan fingerprint density at radius 2 is 1.13 bits per heavy atom. The van der Waals surface area contributed by atoms with Gasteiger partial charge in [0.15, 0.2) is 0 Å². The number of carboxylic acid groups (broad SMARTS) is 2. The van der Waals surface area contributed by atoms with Crippen LogP contribution in [0.5, 0.6) is 0 Å². The van der Waals surface area contributed by atoms with Crippen molar-refractivity contribution >= 4 is 6.16 Å². The van der Waals surface area contributed by atoms with Gasteiger partial charge in [0.2, 0.25) is 0 Å². The molecule has 0 saturated heterocycles. The van der Waals surface area contributed by atoms with Gasteiger partial charge in [-0.1, -0.05) is 0 Å². The minimum absolute atomic E-state index is 0. The SMILES string of the molecule is O=C(O)O.[Co].[NH-]CCN(CC[NH-])CC[NH-]. The Bertz CT molecular complexity index is 121. The maximum Gasteiger partial charge on any atom is 0.503 e. The van der Waals surface area contributed by atoms with Gasteiger partial charge in [0.05, 0.1) is 0 Å². The smallest absolute Gasteiger partial charge is 0.503 e. The van der Waals surface area contributed by atoms with E-state index >= 15 is 0 Å². The summed E-state index contributed by atoms with van der Waals surface area (Å²) < 4.78 is 0. The zero-order valence-electron chi connectivity index (χ0n) is 8.33. The molecule has 0 atom stereocenters. The largest absolute Gasteiger partial charge is 0.676 e. The van der Waals surface area contributed by atoms with Crippen molar-refractivity contribution in [1.82, 2.24) is 4.90 Å². The van der Waals surface area contributed by atoms with Crippen LogP contribution in [0.1, 0.15) is 0 Å². The molecule has 5 N–H and O–H groups in total. The Labute approximate surface area is 99.8 Å². The first-order chi connectivity index (χ1) is 6.58. The number of hydrogen-bond donors (Lipinski definition) is 2. The summed E-state index contributed by atoms with van der Waals surface area (Å²) in [6, 6.07) is 0. The molecule has 0 aliphatic rings. The third kappa shape index (κ3) is 24.7. The van der Waals surface area contributed by atoms with Crippen LogP contribution in [0.15, 0.2) is 0 Å². The summed E-state index contributed by atoms with van der Waals surface area (Å²) in [7, 11) is 0. The van der Waals surface area contributed by atoms with Gasteiger partial charge < -0.3 is 32.3 Å². The fourth-order valence-electron chi connectivity index (χ4n) is 0.810. The Balaban J connectivity index is -0.000000249. The van der Waals surface area contributed by atoms with E-state index in [0.717, 1.165) is 0 Å². The molecule has 0 heterocycles. The van der Waals surface area contributed by atoms with Crippen molar-refractivity contribution in [3.8, 4) is 0 Å². The molecule has 8 heteroatoms. The molecular formula is C7H17CoN4O3-3. The summed E-state index contributed by atoms with van der Waals surface area (Å²) in [5.74, 6) is 0. The molecule has 0 aromatic carbocycles. The fraction of sp³-hybridized carbons (Fsp3) is 0.857. The molecule has 0 saturated carbocycles. The number of nitrogens with one attached hydrogen (secondary N) is 3. The number of rotatable bonds is 6. The van der Waals surface area contributed by atoms with Crippen molar-refractivity contribution in [3.63, 3.8) is 0 Å². The molecule has 0 bridgehead atoms. The van der Waals surface area contributed by atoms with E-state index in [1.807, 2.05) is 4.90 Å². The average molecular weight is 264 g/mol. The first-order valence-electron chi connectivity index (χ1n) is 4.16. The first kappa shape index (κ1) is 20.1. The van der Waals surface area contributed by atoms with Crippen LogP contribution in [-0.2, 0) is 16.8 Å². The predicted octanol–water partition coefficient (Wildman–Crippen LogP) is 1.66. The van der Waals surface area contributed by atoms with Crippen LogP contribution in [0.4, 0.5) is 4.79 Å². The Hall–Kier alpha value is -0.384. The monoisotopic (exact) mass is 264 g/mol. The van der Waals surface area contributed by atoms with Gasteiger partial charge in [-0.2, -0.15) is 0 Å². The summed E-state index contributed by atoms with van der Waals surface area (Å²) in [5.41, 5.74) is 20.8. The maximum atomic E-state index is 8.56. The minimum Gasteiger partial charge on any atom is -0.676 e. The molecule has 0 aromatic rings. The van der Waals surface area contributed by atoms with Crippen molar-refractivity contribution < 1.29 is 31.8 Å². The van der Waals surface area contributed by atoms with E-state index in [4.69, 9.17) is 32.2 Å². The normalized spacial score (nSPS) is 8.80. The fourth-order valence-corrected chi connectivity index (χ4v) is 0.810. The van der Waals surface area contributed by atoms with Crippen LogP contribution in [0.25, 0.3) is 17.2 Å². The molecule has 15 heavy (non-hydrogen) atoms. The predicted molar refractivity (Wildman–Crippen MR) is 54.7 cm³/mol. The zero-order chi connectivity index (χ0) is 11.4. The summed E-state index contributed by atoms with van der Waals surface area (Å²) in [6.07, 6.45) is -1.83. The van der Waals surface area contributed by atoms with Gasteiger partial charge >= 0.3 is 6.16 Å². The van der Waals surface area contributed by atoms with Crippen LogP contribution in [0, 0.1) is 0 Å². The standard InChI is InChI=1S/C6H15N4.CH2O3.Co/c7-1-4-10(5-2-8)6-3-9;2-1(3)4;/h7-9H,1-6H2;(H2,2,3,4);/q-3;;. The average Bonchev–Trinajstić information content (AvgIpc) is 2.04. The van der Waals surface area contributed by atoms with Crippen LogP contribution >= 0.6 is 0 Å². The summed E-state index contributed by atoms with van der Waals surface area (Å²) in [5, 5.41) is 13.9. The quantitative estimate of drug-likeness (QED) is 0.754. The molecule has 0 rings (SSSR count). The van der Waals surface area contributed by atoms with Crippen LogP contribution < -0.4 is 0 Å². The van der Waals surface area contributed by atoms with E-state index < -0.39 is 6.16 Å². The van der Waals surface area contributed by atoms with Crippen LogP contribution in [0.3, 0.4) is 0 Å². The second-order valence-corrected chi connectivity index (χ2v) is 2.37. The van der Waals surface area contributed by atoms with Crippen molar-refractivity contribution in [1.29, 1.82) is 0 Å². The third-order valence-electron chi connectivity index (χ3n) is 1.28. The zero-order valence-corrected chi connectivity index (χ0v) is 9.37. The van der Waals surface area contributed by atoms with Gasteiger partial charge in [-0.05, 0) is 19.6 Å². The molecule has 0 aromatic heterocycles. The first-order valence-corrected chi connectivity index (χ1v) is 4.16. The molecule has 0 fully saturated rings. The molecule has 1 radical (unpaired) electrons. The van der Waals surface area contributed by atoms with E-state index in [9.17, 15) is 0 Å². The van der Waals surface area contributed by atoms with E-state index in [-0.39, 0.29) is 16.8 Å². The molecule has 0 amide bonds. The van der Waals surface area contributed by atoms with Crippen molar-refractivity contribution in [3.05, 3.63) is 17.2 Å². The summed E-state index contributed by atoms with van der Waals surface area (Å²) in [6.45, 7) is 3.24. The minimum atomic E-state index is -1.83. The van der Waals surface area contributed by atoms with Gasteiger partial charge in [0.25, 0.3) is 0 Å². The van der Waals surface area contributed by atoms with E-state index in [0.29, 0.717) is 39.3 Å². The number of nitrogens with zero attached hydrogens (tertiary/aromatic N) is 1. The van der Waals surface area contributed by atoms with Gasteiger partial charge in [-0.15, -0.1) is 19.6 Å². The summed E-state index contributed by atoms with van der Waals surface area (Å²) in [4.78, 5) is 10.5. The molecule has 0 aliphatic heterocycles. The molecule has 95 valence electrons. The second kappa shape index (κ2) is 16.1. The molecule has 7 nitrogen and oxygen atoms in total. The molecular weight excluding hydrogens is 247 g/mol. The van der Waals surface area contributed by atoms with Gasteiger partial charge in [0, 0.05) is 16.8 Å². The Morgan fingerprint density at radius 1 is 0.933 bits per heavy atom. The topological polar surface area (TPSA) is 132 Å². The van der Waals surface area contributed by atoms with Crippen LogP contribution in [0.2, 0.25) is 0 Å². The second-order valence-electron chi connectivity index (χ2n) is 2.37. The van der Waals surface area contributed by atoms with Crippen molar-refractivity contribution in [2.24, 2.45) is 0 Å². The van der Waals surface area contributed by atoms with Crippen molar-refractivity contribution in [2.75, 3.05) is 39.3 Å². The number of hydrogen-bond acceptors (Lipinski definition) is 2. The Kier molecular flexibility index (Phi) is 21.5. The van der Waals surface area contributed by atoms with Gasteiger partial charge in [-0.25, -0.2) is 4.79 Å². The third-order valence-corrected chi connectivity index (χ3v) is 1.28. The summed E-state index contributed by atoms with van der Waals surface area (Å²) >= 11 is 0. The molecule has 0 aliphatic carbocycles. The van der Waals surface area contributed by atoms with Crippen molar-refractivity contribution in [2.45, 2.75) is 0 Å².